The first-order valence-electron chi connectivity index (χ1n) is 8.88. The molecule has 0 unspecified atom stereocenters. The van der Waals surface area contributed by atoms with Gasteiger partial charge < -0.3 is 16.4 Å². The third-order valence-corrected chi connectivity index (χ3v) is 4.58. The maximum absolute atomic E-state index is 12.1. The number of carbonyl (C=O) groups is 1. The van der Waals surface area contributed by atoms with Gasteiger partial charge in [0.15, 0.2) is 0 Å². The van der Waals surface area contributed by atoms with Crippen LogP contribution < -0.4 is 16.4 Å². The minimum absolute atomic E-state index is 0.214. The van der Waals surface area contributed by atoms with Crippen LogP contribution in [0.25, 0.3) is 5.70 Å². The summed E-state index contributed by atoms with van der Waals surface area (Å²) in [6, 6.07) is 9.91. The van der Waals surface area contributed by atoms with Crippen molar-refractivity contribution in [2.45, 2.75) is 39.7 Å². The lowest BCUT2D eigenvalue weighted by molar-refractivity contribution is 0.0958. The van der Waals surface area contributed by atoms with Gasteiger partial charge in [0.2, 0.25) is 0 Å². The van der Waals surface area contributed by atoms with E-state index in [0.717, 1.165) is 40.2 Å². The van der Waals surface area contributed by atoms with Crippen LogP contribution in [0.1, 0.15) is 53.1 Å². The Hall–Kier alpha value is -2.82. The van der Waals surface area contributed by atoms with Crippen molar-refractivity contribution in [2.24, 2.45) is 0 Å². The van der Waals surface area contributed by atoms with Crippen LogP contribution in [0.3, 0.4) is 0 Å². The van der Waals surface area contributed by atoms with Crippen LogP contribution in [0.2, 0.25) is 0 Å². The number of carbonyl (C=O) groups excluding carboxylic acids is 1. The van der Waals surface area contributed by atoms with Gasteiger partial charge in [0.1, 0.15) is 5.69 Å². The van der Waals surface area contributed by atoms with Gasteiger partial charge in [-0.25, -0.2) is 4.98 Å². The number of nitrogen functional groups attached to an aromatic ring is 1. The van der Waals surface area contributed by atoms with E-state index in [1.807, 2.05) is 31.2 Å². The molecule has 0 fully saturated rings. The molecule has 0 radical (unpaired) electrons. The molecule has 0 aliphatic rings. The predicted octanol–water partition coefficient (Wildman–Crippen LogP) is 3.28. The summed E-state index contributed by atoms with van der Waals surface area (Å²) in [4.78, 5) is 16.7. The molecule has 1 amide bonds. The van der Waals surface area contributed by atoms with Gasteiger partial charge in [0.05, 0.1) is 0 Å². The zero-order valence-electron chi connectivity index (χ0n) is 16.0. The monoisotopic (exact) mass is 352 g/mol. The minimum atomic E-state index is -0.214. The fourth-order valence-electron chi connectivity index (χ4n) is 2.67. The zero-order valence-corrected chi connectivity index (χ0v) is 16.0. The highest BCUT2D eigenvalue weighted by atomic mass is 16.1. The van der Waals surface area contributed by atoms with E-state index in [0.29, 0.717) is 18.2 Å². The molecule has 26 heavy (non-hydrogen) atoms. The van der Waals surface area contributed by atoms with Crippen molar-refractivity contribution in [2.75, 3.05) is 12.8 Å². The molecule has 1 heterocycles. The summed E-state index contributed by atoms with van der Waals surface area (Å²) in [5, 5.41) is 6.01. The Bertz CT molecular complexity index is 814. The predicted molar refractivity (Wildman–Crippen MR) is 108 cm³/mol. The van der Waals surface area contributed by atoms with Gasteiger partial charge in [0, 0.05) is 42.2 Å². The van der Waals surface area contributed by atoms with E-state index in [4.69, 9.17) is 5.73 Å². The Labute approximate surface area is 155 Å². The Morgan fingerprint density at radius 3 is 2.73 bits per heavy atom. The Morgan fingerprint density at radius 2 is 2.08 bits per heavy atom. The van der Waals surface area contributed by atoms with Crippen molar-refractivity contribution in [1.29, 1.82) is 0 Å². The van der Waals surface area contributed by atoms with Gasteiger partial charge >= 0.3 is 0 Å². The number of hydrogen-bond donors (Lipinski definition) is 3. The summed E-state index contributed by atoms with van der Waals surface area (Å²) in [6.45, 7) is 10.3. The number of nitrogens with two attached hydrogens (primary N) is 1. The Morgan fingerprint density at radius 1 is 1.35 bits per heavy atom. The summed E-state index contributed by atoms with van der Waals surface area (Å²) >= 11 is 0. The van der Waals surface area contributed by atoms with Crippen LogP contribution in [0, 0.1) is 6.92 Å². The lowest BCUT2D eigenvalue weighted by atomic mass is 10.0. The molecule has 0 aliphatic heterocycles. The molecule has 1 atom stereocenters. The SMILES string of the molecule is C=C(N[C@H](C)CC)c1cc(Cc2cccc(N)c2C)nc(C(=O)NC)c1. The first-order chi connectivity index (χ1) is 12.3. The Balaban J connectivity index is 2.41. The standard InChI is InChI=1S/C21H28N4O/c1-6-13(2)24-15(4)17-11-18(25-20(12-17)21(26)23-5)10-16-8-7-9-19(22)14(16)3/h7-9,11-13,24H,4,6,10,22H2,1-3,5H3,(H,23,26)/t13-/m1/s1. The second-order valence-corrected chi connectivity index (χ2v) is 6.55. The molecule has 0 bridgehead atoms. The highest BCUT2D eigenvalue weighted by Crippen LogP contribution is 2.21. The number of nitrogens with zero attached hydrogens (tertiary/aromatic N) is 1. The molecule has 1 aromatic heterocycles. The number of hydrogen-bond acceptors (Lipinski definition) is 4. The average Bonchev–Trinajstić information content (AvgIpc) is 2.64. The largest absolute Gasteiger partial charge is 0.399 e. The highest BCUT2D eigenvalue weighted by Gasteiger charge is 2.13. The molecule has 1 aromatic carbocycles. The van der Waals surface area contributed by atoms with Crippen molar-refractivity contribution >= 4 is 17.3 Å². The molecule has 2 rings (SSSR count). The zero-order chi connectivity index (χ0) is 19.3. The summed E-state index contributed by atoms with van der Waals surface area (Å²) in [5.74, 6) is -0.214. The number of amides is 1. The first-order valence-corrected chi connectivity index (χ1v) is 8.88. The molecule has 2 aromatic rings. The second kappa shape index (κ2) is 8.52. The lowest BCUT2D eigenvalue weighted by Gasteiger charge is -2.17. The van der Waals surface area contributed by atoms with E-state index in [1.54, 1.807) is 13.1 Å². The van der Waals surface area contributed by atoms with Gasteiger partial charge in [0.25, 0.3) is 5.91 Å². The second-order valence-electron chi connectivity index (χ2n) is 6.55. The Kier molecular flexibility index (Phi) is 6.39. The quantitative estimate of drug-likeness (QED) is 0.668. The van der Waals surface area contributed by atoms with Gasteiger partial charge in [-0.15, -0.1) is 0 Å². The molecule has 138 valence electrons. The minimum Gasteiger partial charge on any atom is -0.399 e. The van der Waals surface area contributed by atoms with Crippen molar-refractivity contribution < 1.29 is 4.79 Å². The summed E-state index contributed by atoms with van der Waals surface area (Å²) in [7, 11) is 1.60. The van der Waals surface area contributed by atoms with Crippen molar-refractivity contribution in [1.82, 2.24) is 15.6 Å². The van der Waals surface area contributed by atoms with E-state index < -0.39 is 0 Å². The molecule has 5 nitrogen and oxygen atoms in total. The van der Waals surface area contributed by atoms with Gasteiger partial charge in [-0.05, 0) is 49.6 Å². The third-order valence-electron chi connectivity index (χ3n) is 4.58. The molecule has 0 saturated carbocycles. The van der Waals surface area contributed by atoms with Crippen LogP contribution in [0.4, 0.5) is 5.69 Å². The molecule has 0 saturated heterocycles. The molecule has 0 spiro atoms. The molecular weight excluding hydrogens is 324 g/mol. The summed E-state index contributed by atoms with van der Waals surface area (Å²) in [5.41, 5.74) is 11.8. The molecule has 0 aliphatic carbocycles. The fraction of sp³-hybridized carbons (Fsp3) is 0.333. The lowest BCUT2D eigenvalue weighted by Crippen LogP contribution is -2.24. The maximum atomic E-state index is 12.1. The summed E-state index contributed by atoms with van der Waals surface area (Å²) in [6.07, 6.45) is 1.59. The molecule has 4 N–H and O–H groups in total. The van der Waals surface area contributed by atoms with Crippen molar-refractivity contribution in [3.63, 3.8) is 0 Å². The number of benzene rings is 1. The van der Waals surface area contributed by atoms with E-state index in [9.17, 15) is 4.79 Å². The van der Waals surface area contributed by atoms with Crippen LogP contribution in [0.5, 0.6) is 0 Å². The third kappa shape index (κ3) is 4.63. The van der Waals surface area contributed by atoms with E-state index in [-0.39, 0.29) is 5.91 Å². The van der Waals surface area contributed by atoms with Crippen LogP contribution in [0.15, 0.2) is 36.9 Å². The fourth-order valence-corrected chi connectivity index (χ4v) is 2.67. The van der Waals surface area contributed by atoms with E-state index >= 15 is 0 Å². The van der Waals surface area contributed by atoms with Gasteiger partial charge in [-0.3, -0.25) is 4.79 Å². The number of nitrogens with one attached hydrogen (secondary N) is 2. The summed E-state index contributed by atoms with van der Waals surface area (Å²) < 4.78 is 0. The number of pyridine rings is 1. The number of aromatic nitrogens is 1. The van der Waals surface area contributed by atoms with Crippen molar-refractivity contribution in [3.05, 3.63) is 65.0 Å². The average molecular weight is 352 g/mol. The number of anilines is 1. The van der Waals surface area contributed by atoms with Crippen LogP contribution >= 0.6 is 0 Å². The van der Waals surface area contributed by atoms with Crippen LogP contribution in [-0.2, 0) is 6.42 Å². The molecular formula is C21H28N4O. The smallest absolute Gasteiger partial charge is 0.269 e. The maximum Gasteiger partial charge on any atom is 0.269 e. The normalized spacial score (nSPS) is 11.7. The van der Waals surface area contributed by atoms with Gasteiger partial charge in [-0.2, -0.15) is 0 Å². The van der Waals surface area contributed by atoms with E-state index in [2.05, 4.69) is 36.0 Å². The highest BCUT2D eigenvalue weighted by molar-refractivity contribution is 5.93. The van der Waals surface area contributed by atoms with Crippen LogP contribution in [-0.4, -0.2) is 24.0 Å². The molecule has 5 heteroatoms. The van der Waals surface area contributed by atoms with Gasteiger partial charge in [-0.1, -0.05) is 25.6 Å². The number of rotatable bonds is 7. The van der Waals surface area contributed by atoms with E-state index in [1.165, 1.54) is 0 Å². The topological polar surface area (TPSA) is 80.0 Å². The van der Waals surface area contributed by atoms with Crippen molar-refractivity contribution in [3.8, 4) is 0 Å². The first kappa shape index (κ1) is 19.5.